The smallest absolute Gasteiger partial charge is 0.168 e. The number of carbonyl (C=O) groups is 1. The minimum atomic E-state index is 0.170. The molecule has 0 aliphatic carbocycles. The van der Waals surface area contributed by atoms with Crippen LogP contribution in [0.2, 0.25) is 0 Å². The van der Waals surface area contributed by atoms with Gasteiger partial charge in [-0.15, -0.1) is 0 Å². The van der Waals surface area contributed by atoms with Gasteiger partial charge in [-0.25, -0.2) is 4.98 Å². The summed E-state index contributed by atoms with van der Waals surface area (Å²) in [6.45, 7) is 0.690. The van der Waals surface area contributed by atoms with Crippen LogP contribution < -0.4 is 5.32 Å². The Kier molecular flexibility index (Phi) is 1.84. The van der Waals surface area contributed by atoms with Crippen LogP contribution in [0.3, 0.4) is 0 Å². The van der Waals surface area contributed by atoms with Gasteiger partial charge in [0.1, 0.15) is 10.4 Å². The molecule has 2 heterocycles. The van der Waals surface area contributed by atoms with Gasteiger partial charge in [0.25, 0.3) is 0 Å². The van der Waals surface area contributed by atoms with Gasteiger partial charge < -0.3 is 5.32 Å². The minimum absolute atomic E-state index is 0.170. The van der Waals surface area contributed by atoms with Crippen LogP contribution in [0.5, 0.6) is 0 Å². The highest BCUT2D eigenvalue weighted by Crippen LogP contribution is 2.21. The lowest BCUT2D eigenvalue weighted by molar-refractivity contribution is 0.0983. The Balaban J connectivity index is 2.53. The molecule has 0 radical (unpaired) electrons. The van der Waals surface area contributed by atoms with E-state index in [1.165, 1.54) is 0 Å². The van der Waals surface area contributed by atoms with Crippen LogP contribution >= 0.6 is 15.9 Å². The molecule has 0 unspecified atom stereocenters. The first kappa shape index (κ1) is 7.73. The van der Waals surface area contributed by atoms with E-state index in [1.807, 2.05) is 0 Å². The van der Waals surface area contributed by atoms with E-state index in [0.29, 0.717) is 24.3 Å². The van der Waals surface area contributed by atoms with Gasteiger partial charge in [-0.05, 0) is 28.1 Å². The SMILES string of the molecule is O=C1CCNc2nc(Br)ccc21. The zero-order chi connectivity index (χ0) is 8.55. The lowest BCUT2D eigenvalue weighted by Crippen LogP contribution is -2.18. The van der Waals surface area contributed by atoms with Crippen LogP contribution in [-0.2, 0) is 0 Å². The molecule has 0 aromatic carbocycles. The first-order valence-electron chi connectivity index (χ1n) is 3.71. The fourth-order valence-electron chi connectivity index (χ4n) is 1.22. The molecule has 0 atom stereocenters. The first-order chi connectivity index (χ1) is 5.77. The average Bonchev–Trinajstić information content (AvgIpc) is 2.04. The summed E-state index contributed by atoms with van der Waals surface area (Å²) in [6.07, 6.45) is 0.566. The summed E-state index contributed by atoms with van der Waals surface area (Å²) in [5, 5.41) is 3.07. The summed E-state index contributed by atoms with van der Waals surface area (Å²) in [5.41, 5.74) is 0.699. The Morgan fingerprint density at radius 2 is 2.33 bits per heavy atom. The normalized spacial score (nSPS) is 15.2. The second kappa shape index (κ2) is 2.86. The second-order valence-electron chi connectivity index (χ2n) is 2.63. The summed E-state index contributed by atoms with van der Waals surface area (Å²) in [6, 6.07) is 3.57. The van der Waals surface area contributed by atoms with E-state index in [9.17, 15) is 4.79 Å². The molecule has 1 aromatic rings. The Hall–Kier alpha value is -0.900. The van der Waals surface area contributed by atoms with Crippen molar-refractivity contribution >= 4 is 27.5 Å². The number of hydrogen-bond donors (Lipinski definition) is 1. The highest BCUT2D eigenvalue weighted by molar-refractivity contribution is 9.10. The number of carbonyl (C=O) groups excluding carboxylic acids is 1. The van der Waals surface area contributed by atoms with Gasteiger partial charge in [-0.2, -0.15) is 0 Å². The Morgan fingerprint density at radius 1 is 1.50 bits per heavy atom. The Bertz CT molecular complexity index is 338. The summed E-state index contributed by atoms with van der Waals surface area (Å²) < 4.78 is 0.753. The van der Waals surface area contributed by atoms with Crippen molar-refractivity contribution in [3.63, 3.8) is 0 Å². The summed E-state index contributed by atoms with van der Waals surface area (Å²) in [7, 11) is 0. The molecule has 1 N–H and O–H groups in total. The van der Waals surface area contributed by atoms with E-state index in [-0.39, 0.29) is 5.78 Å². The zero-order valence-electron chi connectivity index (χ0n) is 6.30. The van der Waals surface area contributed by atoms with Gasteiger partial charge in [0, 0.05) is 13.0 Å². The van der Waals surface area contributed by atoms with Crippen molar-refractivity contribution < 1.29 is 4.79 Å². The van der Waals surface area contributed by atoms with Crippen LogP contribution in [0.15, 0.2) is 16.7 Å². The Morgan fingerprint density at radius 3 is 3.17 bits per heavy atom. The molecule has 0 saturated carbocycles. The van der Waals surface area contributed by atoms with Crippen LogP contribution in [0.1, 0.15) is 16.8 Å². The number of nitrogens with one attached hydrogen (secondary N) is 1. The molecular weight excluding hydrogens is 220 g/mol. The molecule has 0 bridgehead atoms. The number of aromatic nitrogens is 1. The molecule has 0 spiro atoms. The van der Waals surface area contributed by atoms with Gasteiger partial charge in [0.15, 0.2) is 5.78 Å². The van der Waals surface area contributed by atoms with Gasteiger partial charge in [0.05, 0.1) is 5.56 Å². The summed E-state index contributed by atoms with van der Waals surface area (Å²) in [4.78, 5) is 15.5. The third-order valence-electron chi connectivity index (χ3n) is 1.81. The first-order valence-corrected chi connectivity index (χ1v) is 4.50. The number of ketones is 1. The van der Waals surface area contributed by atoms with E-state index >= 15 is 0 Å². The third-order valence-corrected chi connectivity index (χ3v) is 2.25. The Labute approximate surface area is 78.3 Å². The summed E-state index contributed by atoms with van der Waals surface area (Å²) >= 11 is 3.25. The number of pyridine rings is 1. The van der Waals surface area contributed by atoms with Crippen molar-refractivity contribution in [1.82, 2.24) is 4.98 Å². The molecule has 0 saturated heterocycles. The lowest BCUT2D eigenvalue weighted by Gasteiger charge is -2.15. The zero-order valence-corrected chi connectivity index (χ0v) is 7.89. The second-order valence-corrected chi connectivity index (χ2v) is 3.44. The van der Waals surface area contributed by atoms with E-state index in [1.54, 1.807) is 12.1 Å². The standard InChI is InChI=1S/C8H7BrN2O/c9-7-2-1-5-6(12)3-4-10-8(5)11-7/h1-2H,3-4H2,(H,10,11). The molecule has 0 fully saturated rings. The molecule has 3 nitrogen and oxygen atoms in total. The molecule has 1 aliphatic heterocycles. The van der Waals surface area contributed by atoms with Crippen molar-refractivity contribution in [2.24, 2.45) is 0 Å². The van der Waals surface area contributed by atoms with Crippen LogP contribution in [0.4, 0.5) is 5.82 Å². The largest absolute Gasteiger partial charge is 0.369 e. The lowest BCUT2D eigenvalue weighted by atomic mass is 10.1. The van der Waals surface area contributed by atoms with Crippen molar-refractivity contribution in [2.45, 2.75) is 6.42 Å². The molecule has 1 aromatic heterocycles. The van der Waals surface area contributed by atoms with Gasteiger partial charge >= 0.3 is 0 Å². The van der Waals surface area contributed by atoms with Crippen LogP contribution in [-0.4, -0.2) is 17.3 Å². The highest BCUT2D eigenvalue weighted by Gasteiger charge is 2.17. The number of anilines is 1. The fraction of sp³-hybridized carbons (Fsp3) is 0.250. The topological polar surface area (TPSA) is 42.0 Å². The van der Waals surface area contributed by atoms with E-state index in [4.69, 9.17) is 0 Å². The van der Waals surface area contributed by atoms with Crippen LogP contribution in [0, 0.1) is 0 Å². The quantitative estimate of drug-likeness (QED) is 0.687. The molecule has 62 valence electrons. The number of rotatable bonds is 0. The molecule has 0 amide bonds. The predicted octanol–water partition coefficient (Wildman–Crippen LogP) is 1.84. The molecule has 1 aliphatic rings. The molecule has 4 heteroatoms. The van der Waals surface area contributed by atoms with E-state index in [0.717, 1.165) is 4.60 Å². The fourth-order valence-corrected chi connectivity index (χ4v) is 1.53. The third kappa shape index (κ3) is 1.22. The minimum Gasteiger partial charge on any atom is -0.369 e. The maximum atomic E-state index is 11.3. The average molecular weight is 227 g/mol. The summed E-state index contributed by atoms with van der Waals surface area (Å²) in [5.74, 6) is 0.865. The van der Waals surface area contributed by atoms with Crippen molar-refractivity contribution in [2.75, 3.05) is 11.9 Å². The highest BCUT2D eigenvalue weighted by atomic mass is 79.9. The van der Waals surface area contributed by atoms with Gasteiger partial charge in [-0.3, -0.25) is 4.79 Å². The van der Waals surface area contributed by atoms with E-state index < -0.39 is 0 Å². The molecule has 12 heavy (non-hydrogen) atoms. The maximum Gasteiger partial charge on any atom is 0.168 e. The van der Waals surface area contributed by atoms with Crippen molar-refractivity contribution in [3.05, 3.63) is 22.3 Å². The number of halogens is 1. The van der Waals surface area contributed by atoms with E-state index in [2.05, 4.69) is 26.2 Å². The number of nitrogens with zero attached hydrogens (tertiary/aromatic N) is 1. The number of fused-ring (bicyclic) bond motifs is 1. The number of Topliss-reactive ketones (excluding diaryl/α,β-unsaturated/α-hetero) is 1. The monoisotopic (exact) mass is 226 g/mol. The molecule has 2 rings (SSSR count). The predicted molar refractivity (Wildman–Crippen MR) is 49.4 cm³/mol. The van der Waals surface area contributed by atoms with Gasteiger partial charge in [-0.1, -0.05) is 0 Å². The molecular formula is C8H7BrN2O. The number of hydrogen-bond acceptors (Lipinski definition) is 3. The maximum absolute atomic E-state index is 11.3. The van der Waals surface area contributed by atoms with Crippen molar-refractivity contribution in [1.29, 1.82) is 0 Å². The van der Waals surface area contributed by atoms with Crippen molar-refractivity contribution in [3.8, 4) is 0 Å². The van der Waals surface area contributed by atoms with Crippen LogP contribution in [0.25, 0.3) is 0 Å². The van der Waals surface area contributed by atoms with Gasteiger partial charge in [0.2, 0.25) is 0 Å².